The molecule has 1 fully saturated rings. The molecule has 188 valence electrons. The number of carboxylic acid groups (broad SMARTS) is 1. The van der Waals surface area contributed by atoms with Gasteiger partial charge < -0.3 is 9.84 Å². The van der Waals surface area contributed by atoms with Crippen molar-refractivity contribution in [2.24, 2.45) is 0 Å². The number of carboxylic acids is 1. The molecule has 0 radical (unpaired) electrons. The zero-order chi connectivity index (χ0) is 26.2. The summed E-state index contributed by atoms with van der Waals surface area (Å²) >= 11 is 7.18. The summed E-state index contributed by atoms with van der Waals surface area (Å²) in [4.78, 5) is 39.2. The summed E-state index contributed by atoms with van der Waals surface area (Å²) < 4.78 is 5.46. The summed E-state index contributed by atoms with van der Waals surface area (Å²) in [5.41, 5.74) is 3.42. The van der Waals surface area contributed by atoms with Gasteiger partial charge in [-0.05, 0) is 48.1 Å². The van der Waals surface area contributed by atoms with Crippen LogP contribution in [0.15, 0.2) is 77.6 Å². The van der Waals surface area contributed by atoms with Crippen molar-refractivity contribution in [3.05, 3.63) is 98.6 Å². The molecule has 0 bridgehead atoms. The van der Waals surface area contributed by atoms with Crippen molar-refractivity contribution in [1.82, 2.24) is 4.98 Å². The highest BCUT2D eigenvalue weighted by Crippen LogP contribution is 2.48. The highest BCUT2D eigenvalue weighted by atomic mass is 35.5. The zero-order valence-corrected chi connectivity index (χ0v) is 21.4. The smallest absolute Gasteiger partial charge is 0.413 e. The molecule has 37 heavy (non-hydrogen) atoms. The molecule has 9 heteroatoms. The monoisotopic (exact) mass is 534 g/mol. The molecule has 4 aromatic rings. The molecule has 5 rings (SSSR count). The molecule has 1 atom stereocenters. The Morgan fingerprint density at radius 1 is 1.00 bits per heavy atom. The number of amides is 1. The van der Waals surface area contributed by atoms with Crippen LogP contribution in [0.25, 0.3) is 21.6 Å². The Morgan fingerprint density at radius 2 is 1.59 bits per heavy atom. The molecule has 3 aromatic carbocycles. The molecule has 1 unspecified atom stereocenters. The number of carbonyl (C=O) groups is 2. The van der Waals surface area contributed by atoms with E-state index in [1.54, 1.807) is 25.1 Å². The van der Waals surface area contributed by atoms with E-state index in [1.165, 1.54) is 0 Å². The van der Waals surface area contributed by atoms with E-state index in [4.69, 9.17) is 16.3 Å². The van der Waals surface area contributed by atoms with Gasteiger partial charge in [-0.25, -0.2) is 4.79 Å². The number of aromatic nitrogens is 1. The van der Waals surface area contributed by atoms with Crippen LogP contribution in [0, 0.1) is 0 Å². The quantitative estimate of drug-likeness (QED) is 0.240. The van der Waals surface area contributed by atoms with Crippen molar-refractivity contribution < 1.29 is 19.4 Å². The first-order valence-corrected chi connectivity index (χ1v) is 12.9. The number of thiazole rings is 1. The van der Waals surface area contributed by atoms with Crippen molar-refractivity contribution in [2.75, 3.05) is 5.32 Å². The first-order chi connectivity index (χ1) is 17.8. The Kier molecular flexibility index (Phi) is 6.62. The van der Waals surface area contributed by atoms with Crippen LogP contribution < -0.4 is 10.2 Å². The van der Waals surface area contributed by atoms with E-state index >= 15 is 0 Å². The number of H-pyrrole nitrogens is 1. The lowest BCUT2D eigenvalue weighted by atomic mass is 9.93. The van der Waals surface area contributed by atoms with E-state index in [1.807, 2.05) is 54.6 Å². The second kappa shape index (κ2) is 9.88. The van der Waals surface area contributed by atoms with Crippen LogP contribution in [0.4, 0.5) is 10.6 Å². The molecule has 0 aliphatic heterocycles. The second-order valence-corrected chi connectivity index (χ2v) is 10.3. The molecular formula is C28H23ClN2O5S. The van der Waals surface area contributed by atoms with Crippen LogP contribution in [0.3, 0.4) is 0 Å². The maximum absolute atomic E-state index is 12.6. The molecule has 7 nitrogen and oxygen atoms in total. The summed E-state index contributed by atoms with van der Waals surface area (Å²) in [6.45, 7) is 1.72. The van der Waals surface area contributed by atoms with Crippen LogP contribution in [-0.4, -0.2) is 22.2 Å². The van der Waals surface area contributed by atoms with Gasteiger partial charge in [-0.3, -0.25) is 19.9 Å². The normalized spacial score (nSPS) is 14.5. The molecule has 0 saturated heterocycles. The Balaban J connectivity index is 1.31. The third-order valence-corrected chi connectivity index (χ3v) is 7.86. The number of hydrogen-bond donors (Lipinski definition) is 3. The van der Waals surface area contributed by atoms with Crippen molar-refractivity contribution in [1.29, 1.82) is 0 Å². The molecule has 1 saturated carbocycles. The van der Waals surface area contributed by atoms with Gasteiger partial charge in [0.15, 0.2) is 0 Å². The number of carbonyl (C=O) groups excluding carboxylic acids is 1. The first kappa shape index (κ1) is 24.8. The van der Waals surface area contributed by atoms with E-state index in [9.17, 15) is 19.5 Å². The number of nitrogens with one attached hydrogen (secondary N) is 2. The molecule has 3 N–H and O–H groups in total. The highest BCUT2D eigenvalue weighted by molar-refractivity contribution is 7.13. The summed E-state index contributed by atoms with van der Waals surface area (Å²) in [5.74, 6) is -0.520. The van der Waals surface area contributed by atoms with Crippen LogP contribution in [0.5, 0.6) is 0 Å². The third kappa shape index (κ3) is 5.03. The number of hydrogen-bond acceptors (Lipinski definition) is 5. The van der Waals surface area contributed by atoms with Crippen LogP contribution in [-0.2, 0) is 14.9 Å². The van der Waals surface area contributed by atoms with Gasteiger partial charge in [-0.15, -0.1) is 0 Å². The largest absolute Gasteiger partial charge is 0.481 e. The van der Waals surface area contributed by atoms with Gasteiger partial charge in [-0.1, -0.05) is 89.7 Å². The standard InChI is InChI=1S/C28H23ClN2O5S/c1-16(21-4-2-3-5-22(21)29)36-26(34)30-24-23(37-27(35)31-24)19-8-6-17(7-9-19)18-10-12-20(13-11-18)28(14-15-28)25(32)33/h2-13,16H,14-15H2,1H3,(H,30,34)(H,31,35)(H,32,33). The molecule has 0 spiro atoms. The SMILES string of the molecule is CC(OC(=O)Nc1[nH]c(=O)sc1-c1ccc(-c2ccc(C3(C(=O)O)CC3)cc2)cc1)c1ccccc1Cl. The molecule has 1 heterocycles. The van der Waals surface area contributed by atoms with Crippen molar-refractivity contribution in [3.8, 4) is 21.6 Å². The van der Waals surface area contributed by atoms with Gasteiger partial charge in [-0.2, -0.15) is 0 Å². The Hall–Kier alpha value is -3.88. The molecule has 1 aliphatic carbocycles. The predicted molar refractivity (Wildman–Crippen MR) is 144 cm³/mol. The van der Waals surface area contributed by atoms with Gasteiger partial charge in [0.1, 0.15) is 11.9 Å². The maximum Gasteiger partial charge on any atom is 0.413 e. The molecule has 1 amide bonds. The second-order valence-electron chi connectivity index (χ2n) is 8.95. The van der Waals surface area contributed by atoms with Crippen molar-refractivity contribution in [3.63, 3.8) is 0 Å². The van der Waals surface area contributed by atoms with Crippen LogP contribution in [0.1, 0.15) is 37.0 Å². The summed E-state index contributed by atoms with van der Waals surface area (Å²) in [6.07, 6.45) is 0.0324. The topological polar surface area (TPSA) is 108 Å². The average Bonchev–Trinajstić information content (AvgIpc) is 3.62. The summed E-state index contributed by atoms with van der Waals surface area (Å²) in [7, 11) is 0. The predicted octanol–water partition coefficient (Wildman–Crippen LogP) is 6.85. The lowest BCUT2D eigenvalue weighted by Gasteiger charge is -2.15. The zero-order valence-electron chi connectivity index (χ0n) is 19.8. The number of rotatable bonds is 7. The van der Waals surface area contributed by atoms with Crippen LogP contribution in [0.2, 0.25) is 5.02 Å². The van der Waals surface area contributed by atoms with E-state index in [0.29, 0.717) is 28.3 Å². The van der Waals surface area contributed by atoms with Gasteiger partial charge in [0, 0.05) is 10.6 Å². The van der Waals surface area contributed by atoms with Crippen LogP contribution >= 0.6 is 22.9 Å². The van der Waals surface area contributed by atoms with Crippen molar-refractivity contribution in [2.45, 2.75) is 31.3 Å². The summed E-state index contributed by atoms with van der Waals surface area (Å²) in [6, 6.07) is 22.3. The van der Waals surface area contributed by atoms with Gasteiger partial charge >= 0.3 is 16.9 Å². The number of ether oxygens (including phenoxy) is 1. The number of aliphatic carboxylic acids is 1. The summed E-state index contributed by atoms with van der Waals surface area (Å²) in [5, 5.41) is 12.6. The number of aromatic amines is 1. The minimum Gasteiger partial charge on any atom is -0.481 e. The minimum atomic E-state index is -0.776. The van der Waals surface area contributed by atoms with E-state index in [2.05, 4.69) is 10.3 Å². The van der Waals surface area contributed by atoms with Gasteiger partial charge in [0.05, 0.1) is 10.3 Å². The molecule has 1 aromatic heterocycles. The Labute approximate surface area is 221 Å². The van der Waals surface area contributed by atoms with Crippen molar-refractivity contribution >= 4 is 40.8 Å². The number of anilines is 1. The lowest BCUT2D eigenvalue weighted by molar-refractivity contribution is -0.140. The Morgan fingerprint density at radius 3 is 2.19 bits per heavy atom. The lowest BCUT2D eigenvalue weighted by Crippen LogP contribution is -2.19. The Bertz CT molecular complexity index is 1520. The number of halogens is 1. The fourth-order valence-corrected chi connectivity index (χ4v) is 5.41. The van der Waals surface area contributed by atoms with E-state index in [-0.39, 0.29) is 10.7 Å². The van der Waals surface area contributed by atoms with E-state index < -0.39 is 23.6 Å². The fourth-order valence-electron chi connectivity index (χ4n) is 4.33. The highest BCUT2D eigenvalue weighted by Gasteiger charge is 2.51. The fraction of sp³-hybridized carbons (Fsp3) is 0.179. The van der Waals surface area contributed by atoms with Gasteiger partial charge in [0.25, 0.3) is 0 Å². The van der Waals surface area contributed by atoms with E-state index in [0.717, 1.165) is 33.6 Å². The first-order valence-electron chi connectivity index (χ1n) is 11.7. The minimum absolute atomic E-state index is 0.256. The maximum atomic E-state index is 12.6. The molecular weight excluding hydrogens is 512 g/mol. The number of benzene rings is 3. The average molecular weight is 535 g/mol. The van der Waals surface area contributed by atoms with Gasteiger partial charge in [0.2, 0.25) is 0 Å². The molecule has 1 aliphatic rings. The third-order valence-electron chi connectivity index (χ3n) is 6.58.